The zero-order valence-electron chi connectivity index (χ0n) is 17.8. The molecule has 1 heterocycles. The fourth-order valence-corrected chi connectivity index (χ4v) is 4.57. The fourth-order valence-electron chi connectivity index (χ4n) is 3.96. The summed E-state index contributed by atoms with van der Waals surface area (Å²) in [6.45, 7) is 7.92. The average Bonchev–Trinajstić information content (AvgIpc) is 2.98. The number of ether oxygens (including phenoxy) is 1. The maximum atomic E-state index is 12.3. The van der Waals surface area contributed by atoms with Crippen molar-refractivity contribution in [1.29, 1.82) is 0 Å². The van der Waals surface area contributed by atoms with Crippen LogP contribution in [0.4, 0.5) is 0 Å². The number of benzene rings is 2. The number of fused-ring (bicyclic) bond motifs is 1. The summed E-state index contributed by atoms with van der Waals surface area (Å²) in [7, 11) is 1.55. The van der Waals surface area contributed by atoms with E-state index in [-0.39, 0.29) is 5.92 Å². The van der Waals surface area contributed by atoms with E-state index < -0.39 is 11.9 Å². The first kappa shape index (κ1) is 22.3. The second-order valence-electron chi connectivity index (χ2n) is 7.71. The topological polar surface area (TPSA) is 51.5 Å². The lowest BCUT2D eigenvalue weighted by Crippen LogP contribution is -2.21. The van der Waals surface area contributed by atoms with Gasteiger partial charge >= 0.3 is 5.97 Å². The van der Waals surface area contributed by atoms with Gasteiger partial charge in [0.15, 0.2) is 0 Å². The van der Waals surface area contributed by atoms with Crippen LogP contribution < -0.4 is 4.74 Å². The lowest BCUT2D eigenvalue weighted by atomic mass is 9.84. The van der Waals surface area contributed by atoms with E-state index in [9.17, 15) is 9.90 Å². The molecule has 4 nitrogen and oxygen atoms in total. The van der Waals surface area contributed by atoms with Crippen molar-refractivity contribution in [3.63, 3.8) is 0 Å². The highest BCUT2D eigenvalue weighted by atomic mass is 35.5. The molecule has 2 atom stereocenters. The highest BCUT2D eigenvalue weighted by molar-refractivity contribution is 7.80. The van der Waals surface area contributed by atoms with Crippen molar-refractivity contribution in [3.8, 4) is 5.75 Å². The van der Waals surface area contributed by atoms with Crippen molar-refractivity contribution >= 4 is 45.7 Å². The number of hydrogen-bond acceptors (Lipinski definition) is 3. The number of aryl methyl sites for hydroxylation is 1. The van der Waals surface area contributed by atoms with Gasteiger partial charge in [0.1, 0.15) is 10.7 Å². The summed E-state index contributed by atoms with van der Waals surface area (Å²) in [5.41, 5.74) is 4.40. The molecule has 158 valence electrons. The largest absolute Gasteiger partial charge is 0.495 e. The Kier molecular flexibility index (Phi) is 6.53. The molecule has 1 unspecified atom stereocenters. The number of methoxy groups -OCH3 is 1. The summed E-state index contributed by atoms with van der Waals surface area (Å²) in [6.07, 6.45) is 0.746. The van der Waals surface area contributed by atoms with Gasteiger partial charge < -0.3 is 14.4 Å². The number of nitrogens with zero attached hydrogens (tertiary/aromatic N) is 1. The number of carbonyl (C=O) groups is 1. The van der Waals surface area contributed by atoms with Crippen molar-refractivity contribution in [2.45, 2.75) is 40.0 Å². The molecule has 0 aliphatic carbocycles. The van der Waals surface area contributed by atoms with Gasteiger partial charge in [-0.25, -0.2) is 0 Å². The highest BCUT2D eigenvalue weighted by Gasteiger charge is 2.32. The van der Waals surface area contributed by atoms with Crippen LogP contribution in [0.2, 0.25) is 5.02 Å². The van der Waals surface area contributed by atoms with Gasteiger partial charge in [0, 0.05) is 16.6 Å². The number of aliphatic carboxylic acids is 1. The SMILES string of the molecule is CCC(C)[C@@H](C(=O)O)c1c(C)n(C(=S)c2ccc(C)cc2)c2cc(Cl)c(OC)cc12. The van der Waals surface area contributed by atoms with Crippen LogP contribution in [0.25, 0.3) is 10.9 Å². The Morgan fingerprint density at radius 2 is 1.87 bits per heavy atom. The lowest BCUT2D eigenvalue weighted by molar-refractivity contribution is -0.140. The monoisotopic (exact) mass is 443 g/mol. The van der Waals surface area contributed by atoms with Crippen molar-refractivity contribution in [3.05, 3.63) is 63.8 Å². The molecule has 3 aromatic rings. The van der Waals surface area contributed by atoms with Crippen LogP contribution in [0, 0.1) is 19.8 Å². The maximum absolute atomic E-state index is 12.3. The van der Waals surface area contributed by atoms with Crippen molar-refractivity contribution in [2.75, 3.05) is 7.11 Å². The predicted octanol–water partition coefficient (Wildman–Crippen LogP) is 6.36. The Hall–Kier alpha value is -2.37. The average molecular weight is 444 g/mol. The Labute approximate surface area is 187 Å². The van der Waals surface area contributed by atoms with E-state index in [0.29, 0.717) is 15.8 Å². The number of thiocarbonyl (C=S) groups is 1. The molecular weight excluding hydrogens is 418 g/mol. The molecule has 0 saturated heterocycles. The van der Waals surface area contributed by atoms with E-state index in [4.69, 9.17) is 28.6 Å². The molecule has 3 rings (SSSR count). The molecule has 0 spiro atoms. The van der Waals surface area contributed by atoms with Crippen LogP contribution in [0.3, 0.4) is 0 Å². The first-order valence-electron chi connectivity index (χ1n) is 9.93. The maximum Gasteiger partial charge on any atom is 0.311 e. The normalized spacial score (nSPS) is 13.3. The highest BCUT2D eigenvalue weighted by Crippen LogP contribution is 2.41. The molecular formula is C24H26ClNO3S. The summed E-state index contributed by atoms with van der Waals surface area (Å²) in [6, 6.07) is 11.6. The molecule has 30 heavy (non-hydrogen) atoms. The minimum Gasteiger partial charge on any atom is -0.495 e. The van der Waals surface area contributed by atoms with Gasteiger partial charge in [0.05, 0.1) is 23.6 Å². The predicted molar refractivity (Wildman–Crippen MR) is 126 cm³/mol. The van der Waals surface area contributed by atoms with E-state index in [1.807, 2.05) is 68.7 Å². The second-order valence-corrected chi connectivity index (χ2v) is 8.50. The summed E-state index contributed by atoms with van der Waals surface area (Å²) in [5, 5.41) is 11.3. The standard InChI is InChI=1S/C24H26ClNO3S/c1-6-14(3)21(24(27)28)22-15(4)26(23(30)16-9-7-13(2)8-10-16)19-12-18(25)20(29-5)11-17(19)22/h7-12,14,21H,6H2,1-5H3,(H,27,28)/t14?,21-/m1/s1. The molecule has 0 fully saturated rings. The molecule has 0 aliphatic heterocycles. The van der Waals surface area contributed by atoms with Gasteiger partial charge in [-0.3, -0.25) is 4.79 Å². The molecule has 0 aliphatic rings. The molecule has 0 radical (unpaired) electrons. The Balaban J connectivity index is 2.36. The Morgan fingerprint density at radius 3 is 2.40 bits per heavy atom. The zero-order valence-corrected chi connectivity index (χ0v) is 19.4. The van der Waals surface area contributed by atoms with Gasteiger partial charge in [-0.2, -0.15) is 0 Å². The number of carboxylic acids is 1. The Morgan fingerprint density at radius 1 is 1.23 bits per heavy atom. The molecule has 2 aromatic carbocycles. The number of hydrogen-bond donors (Lipinski definition) is 1. The summed E-state index contributed by atoms with van der Waals surface area (Å²) in [5.74, 6) is -1.04. The third-order valence-electron chi connectivity index (χ3n) is 5.82. The van der Waals surface area contributed by atoms with E-state index in [2.05, 4.69) is 0 Å². The number of aromatic nitrogens is 1. The minimum absolute atomic E-state index is 0.0464. The summed E-state index contributed by atoms with van der Waals surface area (Å²) in [4.78, 5) is 12.9. The van der Waals surface area contributed by atoms with Crippen LogP contribution in [0.15, 0.2) is 36.4 Å². The number of carboxylic acid groups (broad SMARTS) is 1. The first-order chi connectivity index (χ1) is 14.2. The van der Waals surface area contributed by atoms with E-state index in [0.717, 1.165) is 39.7 Å². The summed E-state index contributed by atoms with van der Waals surface area (Å²) < 4.78 is 7.36. The van der Waals surface area contributed by atoms with Crippen LogP contribution in [-0.2, 0) is 4.79 Å². The number of halogens is 1. The van der Waals surface area contributed by atoms with E-state index >= 15 is 0 Å². The third kappa shape index (κ3) is 3.84. The van der Waals surface area contributed by atoms with Crippen molar-refractivity contribution in [2.24, 2.45) is 5.92 Å². The van der Waals surface area contributed by atoms with Gasteiger partial charge in [0.2, 0.25) is 0 Å². The van der Waals surface area contributed by atoms with E-state index in [1.165, 1.54) is 0 Å². The van der Waals surface area contributed by atoms with Crippen molar-refractivity contribution in [1.82, 2.24) is 4.57 Å². The van der Waals surface area contributed by atoms with Crippen molar-refractivity contribution < 1.29 is 14.6 Å². The fraction of sp³-hybridized carbons (Fsp3) is 0.333. The molecule has 6 heteroatoms. The van der Waals surface area contributed by atoms with Crippen LogP contribution in [0.5, 0.6) is 5.75 Å². The summed E-state index contributed by atoms with van der Waals surface area (Å²) >= 11 is 12.3. The molecule has 0 bridgehead atoms. The molecule has 1 N–H and O–H groups in total. The van der Waals surface area contributed by atoms with Crippen LogP contribution >= 0.6 is 23.8 Å². The van der Waals surface area contributed by atoms with Gasteiger partial charge in [-0.15, -0.1) is 0 Å². The second kappa shape index (κ2) is 8.78. The third-order valence-corrected chi connectivity index (χ3v) is 6.53. The zero-order chi connectivity index (χ0) is 22.2. The minimum atomic E-state index is -0.846. The van der Waals surface area contributed by atoms with E-state index in [1.54, 1.807) is 7.11 Å². The molecule has 1 aromatic heterocycles. The van der Waals surface area contributed by atoms with Crippen LogP contribution in [-0.4, -0.2) is 27.7 Å². The molecule has 0 amide bonds. The quantitative estimate of drug-likeness (QED) is 0.450. The van der Waals surface area contributed by atoms with Crippen LogP contribution in [0.1, 0.15) is 48.6 Å². The van der Waals surface area contributed by atoms with Gasteiger partial charge in [-0.1, -0.05) is 73.9 Å². The first-order valence-corrected chi connectivity index (χ1v) is 10.7. The smallest absolute Gasteiger partial charge is 0.311 e. The van der Waals surface area contributed by atoms with Gasteiger partial charge in [-0.05, 0) is 37.5 Å². The lowest BCUT2D eigenvalue weighted by Gasteiger charge is -2.20. The van der Waals surface area contributed by atoms with Gasteiger partial charge in [0.25, 0.3) is 0 Å². The number of rotatable bonds is 6. The Bertz CT molecular complexity index is 1120. The molecule has 0 saturated carbocycles.